The van der Waals surface area contributed by atoms with Gasteiger partial charge < -0.3 is 0 Å². The summed E-state index contributed by atoms with van der Waals surface area (Å²) < 4.78 is 13.3. The van der Waals surface area contributed by atoms with Crippen LogP contribution in [0.3, 0.4) is 0 Å². The number of aryl methyl sites for hydroxylation is 1. The van der Waals surface area contributed by atoms with Gasteiger partial charge in [0.05, 0.1) is 0 Å². The molecule has 0 unspecified atom stereocenters. The summed E-state index contributed by atoms with van der Waals surface area (Å²) in [6.45, 7) is 2.06. The van der Waals surface area contributed by atoms with Crippen molar-refractivity contribution in [3.05, 3.63) is 120 Å². The normalized spacial score (nSPS) is 10.9. The lowest BCUT2D eigenvalue weighted by molar-refractivity contribution is 0.630. The summed E-state index contributed by atoms with van der Waals surface area (Å²) in [5, 5.41) is 1.88. The lowest BCUT2D eigenvalue weighted by Crippen LogP contribution is -1.85. The fraction of sp³-hybridized carbons (Fsp3) is 0.103. The Hall–Kier alpha value is -3.63. The third-order valence-corrected chi connectivity index (χ3v) is 5.16. The fourth-order valence-corrected chi connectivity index (χ4v) is 3.47. The Bertz CT molecular complexity index is 1230. The Kier molecular flexibility index (Phi) is 6.06. The first-order valence-corrected chi connectivity index (χ1v) is 10.2. The van der Waals surface area contributed by atoms with Crippen molar-refractivity contribution >= 4 is 10.8 Å². The topological polar surface area (TPSA) is 0 Å². The standard InChI is InChI=1S/C29H23F/c1-2-3-4-5-22-8-13-25(14-9-22)26-15-10-23(11-16-26)6-7-24-12-17-28-21-29(30)19-18-27(28)20-24/h2-3,8-21H,4-5H2,1H3/b3-2+. The van der Waals surface area contributed by atoms with Crippen LogP contribution in [0, 0.1) is 17.7 Å². The zero-order valence-corrected chi connectivity index (χ0v) is 17.0. The molecule has 0 saturated heterocycles. The van der Waals surface area contributed by atoms with E-state index in [1.807, 2.05) is 18.2 Å². The summed E-state index contributed by atoms with van der Waals surface area (Å²) in [4.78, 5) is 0. The lowest BCUT2D eigenvalue weighted by Gasteiger charge is -2.04. The van der Waals surface area contributed by atoms with Crippen LogP contribution in [0.25, 0.3) is 21.9 Å². The predicted octanol–water partition coefficient (Wildman–Crippen LogP) is 7.55. The average molecular weight is 391 g/mol. The highest BCUT2D eigenvalue weighted by Crippen LogP contribution is 2.21. The number of rotatable bonds is 4. The second-order valence-electron chi connectivity index (χ2n) is 7.34. The molecule has 0 radical (unpaired) electrons. The smallest absolute Gasteiger partial charge is 0.123 e. The lowest BCUT2D eigenvalue weighted by atomic mass is 10.0. The van der Waals surface area contributed by atoms with E-state index in [-0.39, 0.29) is 5.82 Å². The predicted molar refractivity (Wildman–Crippen MR) is 125 cm³/mol. The molecule has 4 aromatic carbocycles. The van der Waals surface area contributed by atoms with Gasteiger partial charge in [-0.1, -0.05) is 72.5 Å². The summed E-state index contributed by atoms with van der Waals surface area (Å²) in [6.07, 6.45) is 6.45. The SMILES string of the molecule is C/C=C/CCc1ccc(-c2ccc(C#Cc3ccc4cc(F)ccc4c3)cc2)cc1. The van der Waals surface area contributed by atoms with Crippen molar-refractivity contribution in [2.75, 3.05) is 0 Å². The van der Waals surface area contributed by atoms with Crippen LogP contribution in [0.5, 0.6) is 0 Å². The minimum Gasteiger partial charge on any atom is -0.207 e. The van der Waals surface area contributed by atoms with E-state index in [9.17, 15) is 4.39 Å². The van der Waals surface area contributed by atoms with Crippen LogP contribution in [-0.4, -0.2) is 0 Å². The quantitative estimate of drug-likeness (QED) is 0.249. The Balaban J connectivity index is 1.47. The Morgan fingerprint density at radius 1 is 0.700 bits per heavy atom. The highest BCUT2D eigenvalue weighted by Gasteiger charge is 1.99. The molecule has 0 N–H and O–H groups in total. The van der Waals surface area contributed by atoms with E-state index in [2.05, 4.69) is 79.4 Å². The molecule has 0 aliphatic heterocycles. The zero-order valence-electron chi connectivity index (χ0n) is 17.0. The molecule has 0 bridgehead atoms. The molecule has 30 heavy (non-hydrogen) atoms. The molecule has 0 aliphatic rings. The maximum atomic E-state index is 13.3. The second-order valence-corrected chi connectivity index (χ2v) is 7.34. The van der Waals surface area contributed by atoms with Gasteiger partial charge in [0.15, 0.2) is 0 Å². The van der Waals surface area contributed by atoms with Gasteiger partial charge in [-0.05, 0) is 83.6 Å². The Morgan fingerprint density at radius 3 is 2.03 bits per heavy atom. The zero-order chi connectivity index (χ0) is 20.8. The van der Waals surface area contributed by atoms with Crippen molar-refractivity contribution in [1.29, 1.82) is 0 Å². The van der Waals surface area contributed by atoms with E-state index in [1.165, 1.54) is 22.8 Å². The number of hydrogen-bond acceptors (Lipinski definition) is 0. The summed E-state index contributed by atoms with van der Waals surface area (Å²) in [5.41, 5.74) is 5.66. The van der Waals surface area contributed by atoms with Crippen molar-refractivity contribution < 1.29 is 4.39 Å². The van der Waals surface area contributed by atoms with E-state index < -0.39 is 0 Å². The molecule has 0 aliphatic carbocycles. The highest BCUT2D eigenvalue weighted by molar-refractivity contribution is 5.84. The summed E-state index contributed by atoms with van der Waals surface area (Å²) in [7, 11) is 0. The van der Waals surface area contributed by atoms with E-state index in [1.54, 1.807) is 12.1 Å². The second kappa shape index (κ2) is 9.25. The maximum absolute atomic E-state index is 13.3. The maximum Gasteiger partial charge on any atom is 0.123 e. The molecule has 4 rings (SSSR count). The van der Waals surface area contributed by atoms with Gasteiger partial charge in [-0.3, -0.25) is 0 Å². The van der Waals surface area contributed by atoms with Crippen molar-refractivity contribution in [2.45, 2.75) is 19.8 Å². The molecule has 0 aromatic heterocycles. The van der Waals surface area contributed by atoms with Gasteiger partial charge in [0.1, 0.15) is 5.82 Å². The Labute approximate surface area is 177 Å². The van der Waals surface area contributed by atoms with Crippen LogP contribution in [-0.2, 0) is 6.42 Å². The first kappa shape index (κ1) is 19.7. The average Bonchev–Trinajstić information content (AvgIpc) is 2.79. The monoisotopic (exact) mass is 390 g/mol. The molecule has 0 saturated carbocycles. The molecule has 0 spiro atoms. The molecular weight excluding hydrogens is 367 g/mol. The molecule has 0 heterocycles. The van der Waals surface area contributed by atoms with Crippen molar-refractivity contribution in [1.82, 2.24) is 0 Å². The third-order valence-electron chi connectivity index (χ3n) is 5.16. The van der Waals surface area contributed by atoms with E-state index in [4.69, 9.17) is 0 Å². The van der Waals surface area contributed by atoms with Crippen LogP contribution in [0.4, 0.5) is 4.39 Å². The van der Waals surface area contributed by atoms with Crippen molar-refractivity contribution in [3.8, 4) is 23.0 Å². The Morgan fingerprint density at radius 2 is 1.30 bits per heavy atom. The first-order valence-electron chi connectivity index (χ1n) is 10.2. The van der Waals surface area contributed by atoms with Gasteiger partial charge in [0.2, 0.25) is 0 Å². The van der Waals surface area contributed by atoms with Crippen LogP contribution in [0.2, 0.25) is 0 Å². The van der Waals surface area contributed by atoms with E-state index in [0.29, 0.717) is 0 Å². The van der Waals surface area contributed by atoms with Gasteiger partial charge >= 0.3 is 0 Å². The number of fused-ring (bicyclic) bond motifs is 1. The minimum atomic E-state index is -0.218. The van der Waals surface area contributed by atoms with E-state index >= 15 is 0 Å². The fourth-order valence-electron chi connectivity index (χ4n) is 3.47. The molecule has 0 amide bonds. The number of halogens is 1. The largest absolute Gasteiger partial charge is 0.207 e. The van der Waals surface area contributed by atoms with Gasteiger partial charge in [0.25, 0.3) is 0 Å². The van der Waals surface area contributed by atoms with Crippen LogP contribution >= 0.6 is 0 Å². The molecule has 1 heteroatoms. The van der Waals surface area contributed by atoms with Crippen LogP contribution in [0.1, 0.15) is 30.0 Å². The molecule has 0 fully saturated rings. The summed E-state index contributed by atoms with van der Waals surface area (Å²) in [5.74, 6) is 6.21. The van der Waals surface area contributed by atoms with Crippen molar-refractivity contribution in [2.24, 2.45) is 0 Å². The molecule has 146 valence electrons. The van der Waals surface area contributed by atoms with Gasteiger partial charge in [0, 0.05) is 11.1 Å². The van der Waals surface area contributed by atoms with Crippen LogP contribution < -0.4 is 0 Å². The van der Waals surface area contributed by atoms with Gasteiger partial charge in [-0.25, -0.2) is 4.39 Å². The van der Waals surface area contributed by atoms with E-state index in [0.717, 1.165) is 34.7 Å². The highest BCUT2D eigenvalue weighted by atomic mass is 19.1. The number of allylic oxidation sites excluding steroid dienone is 2. The van der Waals surface area contributed by atoms with Gasteiger partial charge in [-0.15, -0.1) is 0 Å². The van der Waals surface area contributed by atoms with Crippen molar-refractivity contribution in [3.63, 3.8) is 0 Å². The number of hydrogen-bond donors (Lipinski definition) is 0. The molecular formula is C29H23F. The third kappa shape index (κ3) is 4.85. The number of benzene rings is 4. The molecule has 4 aromatic rings. The molecule has 0 atom stereocenters. The summed E-state index contributed by atoms with van der Waals surface area (Å²) in [6, 6.07) is 27.8. The van der Waals surface area contributed by atoms with Crippen LogP contribution in [0.15, 0.2) is 97.1 Å². The molecule has 0 nitrogen and oxygen atoms in total. The summed E-state index contributed by atoms with van der Waals surface area (Å²) >= 11 is 0. The van der Waals surface area contributed by atoms with Gasteiger partial charge in [-0.2, -0.15) is 0 Å². The minimum absolute atomic E-state index is 0.218. The first-order chi connectivity index (χ1) is 14.7.